The van der Waals surface area contributed by atoms with Crippen molar-refractivity contribution in [2.75, 3.05) is 31.2 Å². The number of sulfonamides is 1. The van der Waals surface area contributed by atoms with Crippen LogP contribution in [-0.2, 0) is 10.0 Å². The molecule has 1 amide bonds. The van der Waals surface area contributed by atoms with Gasteiger partial charge in [-0.25, -0.2) is 8.42 Å². The normalized spacial score (nSPS) is 10.9. The van der Waals surface area contributed by atoms with Gasteiger partial charge >= 0.3 is 0 Å². The first kappa shape index (κ1) is 19.6. The maximum absolute atomic E-state index is 12.2. The van der Waals surface area contributed by atoms with Crippen LogP contribution in [0, 0.1) is 6.92 Å². The van der Waals surface area contributed by atoms with Crippen LogP contribution in [0.15, 0.2) is 42.5 Å². The van der Waals surface area contributed by atoms with Crippen LogP contribution >= 0.6 is 0 Å². The third kappa shape index (κ3) is 5.96. The Morgan fingerprint density at radius 2 is 1.85 bits per heavy atom. The van der Waals surface area contributed by atoms with Crippen LogP contribution in [-0.4, -0.2) is 40.8 Å². The molecule has 140 valence electrons. The highest BCUT2D eigenvalue weighted by atomic mass is 32.2. The number of ether oxygens (including phenoxy) is 2. The molecule has 0 radical (unpaired) electrons. The van der Waals surface area contributed by atoms with Gasteiger partial charge in [0.15, 0.2) is 0 Å². The van der Waals surface area contributed by atoms with Crippen LogP contribution in [0.1, 0.15) is 15.9 Å². The number of methoxy groups -OCH3 is 1. The Balaban J connectivity index is 1.90. The van der Waals surface area contributed by atoms with E-state index in [0.717, 1.165) is 11.8 Å². The van der Waals surface area contributed by atoms with Crippen LogP contribution in [0.25, 0.3) is 0 Å². The second-order valence-electron chi connectivity index (χ2n) is 5.69. The van der Waals surface area contributed by atoms with Crippen molar-refractivity contribution in [3.8, 4) is 11.5 Å². The molecule has 2 rings (SSSR count). The predicted molar refractivity (Wildman–Crippen MR) is 100 cm³/mol. The Hall–Kier alpha value is -2.74. The minimum atomic E-state index is -3.41. The topological polar surface area (TPSA) is 93.7 Å². The van der Waals surface area contributed by atoms with Crippen molar-refractivity contribution in [3.63, 3.8) is 0 Å². The average molecular weight is 378 g/mol. The molecule has 2 aromatic carbocycles. The van der Waals surface area contributed by atoms with E-state index in [1.54, 1.807) is 38.3 Å². The molecule has 0 saturated heterocycles. The Bertz CT molecular complexity index is 881. The lowest BCUT2D eigenvalue weighted by molar-refractivity contribution is 0.0947. The molecular formula is C18H22N2O5S. The minimum absolute atomic E-state index is 0.291. The summed E-state index contributed by atoms with van der Waals surface area (Å²) in [7, 11) is -1.83. The zero-order chi connectivity index (χ0) is 19.2. The molecule has 0 fully saturated rings. The second kappa shape index (κ2) is 8.57. The summed E-state index contributed by atoms with van der Waals surface area (Å²) in [5.74, 6) is 1.03. The summed E-state index contributed by atoms with van der Waals surface area (Å²) in [6.45, 7) is 2.36. The largest absolute Gasteiger partial charge is 0.497 e. The van der Waals surface area contributed by atoms with E-state index in [-0.39, 0.29) is 5.91 Å². The van der Waals surface area contributed by atoms with Crippen LogP contribution in [0.4, 0.5) is 5.69 Å². The Kier molecular flexibility index (Phi) is 6.46. The van der Waals surface area contributed by atoms with Crippen LogP contribution in [0.3, 0.4) is 0 Å². The first-order chi connectivity index (χ1) is 12.3. The third-order valence-corrected chi connectivity index (χ3v) is 4.08. The lowest BCUT2D eigenvalue weighted by Gasteiger charge is -2.11. The van der Waals surface area contributed by atoms with Crippen molar-refractivity contribution in [3.05, 3.63) is 53.6 Å². The van der Waals surface area contributed by atoms with Crippen molar-refractivity contribution < 1.29 is 22.7 Å². The number of hydrogen-bond donors (Lipinski definition) is 2. The van der Waals surface area contributed by atoms with Gasteiger partial charge in [0.25, 0.3) is 5.91 Å². The summed E-state index contributed by atoms with van der Waals surface area (Å²) in [5.41, 5.74) is 1.48. The first-order valence-corrected chi connectivity index (χ1v) is 9.81. The highest BCUT2D eigenvalue weighted by Crippen LogP contribution is 2.19. The van der Waals surface area contributed by atoms with Crippen molar-refractivity contribution in [1.82, 2.24) is 5.32 Å². The van der Waals surface area contributed by atoms with Gasteiger partial charge in [0.1, 0.15) is 18.1 Å². The minimum Gasteiger partial charge on any atom is -0.497 e. The fourth-order valence-corrected chi connectivity index (χ4v) is 2.82. The third-order valence-electron chi connectivity index (χ3n) is 3.49. The van der Waals surface area contributed by atoms with Gasteiger partial charge in [-0.2, -0.15) is 0 Å². The molecule has 7 nitrogen and oxygen atoms in total. The first-order valence-electron chi connectivity index (χ1n) is 7.92. The highest BCUT2D eigenvalue weighted by molar-refractivity contribution is 7.92. The van der Waals surface area contributed by atoms with Crippen LogP contribution < -0.4 is 19.5 Å². The molecule has 2 aromatic rings. The van der Waals surface area contributed by atoms with Crippen molar-refractivity contribution >= 4 is 21.6 Å². The summed E-state index contributed by atoms with van der Waals surface area (Å²) in [4.78, 5) is 12.2. The molecule has 0 unspecified atom stereocenters. The van der Waals surface area contributed by atoms with Crippen molar-refractivity contribution in [2.45, 2.75) is 6.92 Å². The molecule has 0 aliphatic rings. The van der Waals surface area contributed by atoms with Crippen molar-refractivity contribution in [2.24, 2.45) is 0 Å². The monoisotopic (exact) mass is 378 g/mol. The molecule has 0 saturated carbocycles. The molecule has 0 aliphatic heterocycles. The van der Waals surface area contributed by atoms with E-state index in [2.05, 4.69) is 10.0 Å². The quantitative estimate of drug-likeness (QED) is 0.687. The fraction of sp³-hybridized carbons (Fsp3) is 0.278. The fourth-order valence-electron chi connectivity index (χ4n) is 2.20. The average Bonchev–Trinajstić information content (AvgIpc) is 2.59. The van der Waals surface area contributed by atoms with E-state index < -0.39 is 10.0 Å². The van der Waals surface area contributed by atoms with Gasteiger partial charge < -0.3 is 14.8 Å². The molecule has 8 heteroatoms. The SMILES string of the molecule is COc1cccc(OCCNC(=O)c2ccc(C)c(NS(C)(=O)=O)c2)c1. The van der Waals surface area contributed by atoms with Crippen molar-refractivity contribution in [1.29, 1.82) is 0 Å². The number of carbonyl (C=O) groups excluding carboxylic acids is 1. The number of amides is 1. The molecular weight excluding hydrogens is 356 g/mol. The van der Waals surface area contributed by atoms with E-state index in [4.69, 9.17) is 9.47 Å². The highest BCUT2D eigenvalue weighted by Gasteiger charge is 2.10. The lowest BCUT2D eigenvalue weighted by Crippen LogP contribution is -2.28. The van der Waals surface area contributed by atoms with Gasteiger partial charge in [-0.1, -0.05) is 12.1 Å². The Morgan fingerprint density at radius 3 is 2.54 bits per heavy atom. The number of rotatable bonds is 8. The van der Waals surface area contributed by atoms with Gasteiger partial charge in [-0.15, -0.1) is 0 Å². The molecule has 0 aliphatic carbocycles. The van der Waals surface area contributed by atoms with E-state index in [1.807, 2.05) is 12.1 Å². The molecule has 0 heterocycles. The number of anilines is 1. The summed E-state index contributed by atoms with van der Waals surface area (Å²) >= 11 is 0. The standard InChI is InChI=1S/C18H22N2O5S/c1-13-7-8-14(11-17(13)20-26(3,22)23)18(21)19-9-10-25-16-6-4-5-15(12-16)24-2/h4-8,11-12,20H,9-10H2,1-3H3,(H,19,21). The summed E-state index contributed by atoms with van der Waals surface area (Å²) in [5, 5.41) is 2.73. The maximum atomic E-state index is 12.2. The number of nitrogens with one attached hydrogen (secondary N) is 2. The molecule has 26 heavy (non-hydrogen) atoms. The Morgan fingerprint density at radius 1 is 1.12 bits per heavy atom. The molecule has 0 bridgehead atoms. The van der Waals surface area contributed by atoms with E-state index >= 15 is 0 Å². The Labute approximate surface area is 153 Å². The summed E-state index contributed by atoms with van der Waals surface area (Å²) in [6, 6.07) is 12.0. The van der Waals surface area contributed by atoms with E-state index in [1.165, 1.54) is 6.07 Å². The zero-order valence-electron chi connectivity index (χ0n) is 14.9. The van der Waals surface area contributed by atoms with Crippen LogP contribution in [0.5, 0.6) is 11.5 Å². The van der Waals surface area contributed by atoms with Gasteiger partial charge in [0, 0.05) is 11.6 Å². The summed E-state index contributed by atoms with van der Waals surface area (Å²) < 4.78 is 35.8. The number of carbonyl (C=O) groups is 1. The van der Waals surface area contributed by atoms with E-state index in [9.17, 15) is 13.2 Å². The van der Waals surface area contributed by atoms with Gasteiger partial charge in [0.05, 0.1) is 25.6 Å². The number of aryl methyl sites for hydroxylation is 1. The lowest BCUT2D eigenvalue weighted by atomic mass is 10.1. The molecule has 0 aromatic heterocycles. The second-order valence-corrected chi connectivity index (χ2v) is 7.44. The van der Waals surface area contributed by atoms with Gasteiger partial charge in [0.2, 0.25) is 10.0 Å². The van der Waals surface area contributed by atoms with Gasteiger partial charge in [-0.3, -0.25) is 9.52 Å². The number of benzene rings is 2. The molecule has 0 atom stereocenters. The van der Waals surface area contributed by atoms with Crippen LogP contribution in [0.2, 0.25) is 0 Å². The molecule has 2 N–H and O–H groups in total. The van der Waals surface area contributed by atoms with Gasteiger partial charge in [-0.05, 0) is 36.8 Å². The smallest absolute Gasteiger partial charge is 0.251 e. The zero-order valence-corrected chi connectivity index (χ0v) is 15.7. The number of hydrogen-bond acceptors (Lipinski definition) is 5. The molecule has 0 spiro atoms. The maximum Gasteiger partial charge on any atom is 0.251 e. The summed E-state index contributed by atoms with van der Waals surface area (Å²) in [6.07, 6.45) is 1.06. The van der Waals surface area contributed by atoms with E-state index in [0.29, 0.717) is 35.9 Å². The predicted octanol–water partition coefficient (Wildman–Crippen LogP) is 2.18.